The molecule has 0 saturated carbocycles. The number of pyridine rings is 2. The normalized spacial score (nSPS) is 11.8. The Morgan fingerprint density at radius 1 is 0.255 bits per heavy atom. The molecule has 0 saturated heterocycles. The number of para-hydroxylation sites is 1. The van der Waals surface area contributed by atoms with Crippen molar-refractivity contribution in [2.75, 3.05) is 9.80 Å². The van der Waals surface area contributed by atoms with Crippen LogP contribution in [0.5, 0.6) is 0 Å². The van der Waals surface area contributed by atoms with Crippen molar-refractivity contribution in [2.24, 2.45) is 0 Å². The standard InChI is InChI=1S/C102H62N6O2/c1-5-25-63(26-6-1)66-33-23-37-72(56-66)107(73-38-24-34-67(57-73)64-27-7-2-8-28-64)74-60-86-85-58-70(87-62-103-53-50-77(87)88-45-21-22-52-104-88)59-91-95(85)97-80(46-47-84(100(97)109-91)89-51-54-105-102(106-89)65-29-9-3-10-30-65)81-48-49-90(101-98(81)96(86)92(61-74)110-101)108(71-35-11-4-12-36-71)99-82-43-19-17-41-78(82)94(79-42-18-20-44-83(79)99)93-75-39-15-13-31-68(75)55-69-32-14-16-40-76(69)93/h1-62H. The second kappa shape index (κ2) is 25.4. The molecular weight excluding hydrogens is 1340 g/mol. The highest BCUT2D eigenvalue weighted by molar-refractivity contribution is 6.39. The highest BCUT2D eigenvalue weighted by Crippen LogP contribution is 2.56. The predicted octanol–water partition coefficient (Wildman–Crippen LogP) is 28.0. The molecule has 110 heavy (non-hydrogen) atoms. The number of furan rings is 2. The minimum absolute atomic E-state index is 0.618. The van der Waals surface area contributed by atoms with Gasteiger partial charge in [0.05, 0.1) is 28.5 Å². The van der Waals surface area contributed by atoms with Crippen molar-refractivity contribution in [2.45, 2.75) is 0 Å². The molecule has 0 aliphatic carbocycles. The quantitative estimate of drug-likeness (QED) is 0.106. The number of hydrogen-bond donors (Lipinski definition) is 0. The Hall–Kier alpha value is -14.9. The van der Waals surface area contributed by atoms with E-state index in [9.17, 15) is 0 Å². The van der Waals surface area contributed by atoms with E-state index in [1.807, 2.05) is 61.2 Å². The van der Waals surface area contributed by atoms with E-state index in [-0.39, 0.29) is 0 Å². The molecule has 0 N–H and O–H groups in total. The first-order valence-corrected chi connectivity index (χ1v) is 37.2. The maximum absolute atomic E-state index is 8.16. The number of hydrogen-bond acceptors (Lipinski definition) is 8. The van der Waals surface area contributed by atoms with Crippen LogP contribution in [0.2, 0.25) is 0 Å². The summed E-state index contributed by atoms with van der Waals surface area (Å²) in [6.07, 6.45) is 7.50. The zero-order valence-electron chi connectivity index (χ0n) is 59.3. The summed E-state index contributed by atoms with van der Waals surface area (Å²) in [5.74, 6) is 0.618. The summed E-state index contributed by atoms with van der Waals surface area (Å²) >= 11 is 0. The first kappa shape index (κ1) is 62.5. The third-order valence-electron chi connectivity index (χ3n) is 22.1. The van der Waals surface area contributed by atoms with Crippen LogP contribution >= 0.6 is 0 Å². The zero-order valence-corrected chi connectivity index (χ0v) is 59.3. The maximum atomic E-state index is 8.16. The van der Waals surface area contributed by atoms with Crippen LogP contribution in [0, 0.1) is 0 Å². The average Bonchev–Trinajstić information content (AvgIpc) is 1.48. The summed E-state index contributed by atoms with van der Waals surface area (Å²) < 4.78 is 15.9. The predicted molar refractivity (Wildman–Crippen MR) is 456 cm³/mol. The molecule has 22 aromatic rings. The third kappa shape index (κ3) is 10.1. The Bertz CT molecular complexity index is 7210. The van der Waals surface area contributed by atoms with E-state index in [4.69, 9.17) is 28.8 Å². The van der Waals surface area contributed by atoms with Gasteiger partial charge in [-0.05, 0) is 190 Å². The van der Waals surface area contributed by atoms with Crippen LogP contribution in [0.25, 0.3) is 187 Å². The summed E-state index contributed by atoms with van der Waals surface area (Å²) in [5, 5.41) is 16.9. The van der Waals surface area contributed by atoms with Gasteiger partial charge in [0, 0.05) is 102 Å². The van der Waals surface area contributed by atoms with Crippen LogP contribution in [0.15, 0.2) is 385 Å². The lowest BCUT2D eigenvalue weighted by Gasteiger charge is -2.30. The molecule has 8 heteroatoms. The summed E-state index contributed by atoms with van der Waals surface area (Å²) in [4.78, 5) is 24.9. The maximum Gasteiger partial charge on any atom is 0.160 e. The van der Waals surface area contributed by atoms with Crippen LogP contribution < -0.4 is 9.80 Å². The highest BCUT2D eigenvalue weighted by atomic mass is 16.3. The van der Waals surface area contributed by atoms with Gasteiger partial charge in [-0.2, -0.15) is 0 Å². The van der Waals surface area contributed by atoms with Crippen molar-refractivity contribution >= 4 is 143 Å². The number of aromatic nitrogens is 4. The summed E-state index contributed by atoms with van der Waals surface area (Å²) in [5.41, 5.74) is 21.3. The van der Waals surface area contributed by atoms with Crippen LogP contribution in [-0.2, 0) is 0 Å². The summed E-state index contributed by atoms with van der Waals surface area (Å²) in [7, 11) is 0. The van der Waals surface area contributed by atoms with Crippen molar-refractivity contribution in [3.8, 4) is 78.4 Å². The van der Waals surface area contributed by atoms with Gasteiger partial charge in [0.15, 0.2) is 11.4 Å². The van der Waals surface area contributed by atoms with E-state index in [2.05, 4.69) is 325 Å². The van der Waals surface area contributed by atoms with E-state index in [0.29, 0.717) is 28.2 Å². The fourth-order valence-corrected chi connectivity index (χ4v) is 17.3. The smallest absolute Gasteiger partial charge is 0.160 e. The van der Waals surface area contributed by atoms with Gasteiger partial charge in [-0.3, -0.25) is 9.97 Å². The second-order valence-corrected chi connectivity index (χ2v) is 28.3. The molecule has 512 valence electrons. The van der Waals surface area contributed by atoms with Crippen molar-refractivity contribution in [3.63, 3.8) is 0 Å². The Labute approximate surface area is 632 Å². The van der Waals surface area contributed by atoms with Gasteiger partial charge in [-0.15, -0.1) is 0 Å². The SMILES string of the molecule is c1ccc(-c2cccc(N(c3cccc(-c4ccccc4)c3)c3cc4oc5c(N(c6ccccc6)c6c7ccccc7c(-c7c8ccccc8cc8ccccc78)c7ccccc67)ccc6c7ccc(-c8ccnc(-c9ccccc9)n8)c8oc9cc(-c%10cnccc%10-c%10ccccn%10)cc(c(c3)c4c56)c9c87)c2)cc1. The fraction of sp³-hybridized carbons (Fsp3) is 0. The molecule has 0 radical (unpaired) electrons. The van der Waals surface area contributed by atoms with E-state index >= 15 is 0 Å². The minimum atomic E-state index is 0.618. The average molecular weight is 1400 g/mol. The van der Waals surface area contributed by atoms with Gasteiger partial charge in [-0.25, -0.2) is 9.97 Å². The Balaban J connectivity index is 0.902. The van der Waals surface area contributed by atoms with Crippen LogP contribution in [-0.4, -0.2) is 19.9 Å². The van der Waals surface area contributed by atoms with Gasteiger partial charge < -0.3 is 18.6 Å². The number of anilines is 6. The van der Waals surface area contributed by atoms with Crippen molar-refractivity contribution in [1.82, 2.24) is 19.9 Å². The molecule has 0 aliphatic heterocycles. The molecule has 17 aromatic carbocycles. The van der Waals surface area contributed by atoms with Gasteiger partial charge in [0.2, 0.25) is 0 Å². The molecule has 0 bridgehead atoms. The molecule has 0 atom stereocenters. The van der Waals surface area contributed by atoms with Gasteiger partial charge in [-0.1, -0.05) is 249 Å². The molecule has 0 spiro atoms. The molecule has 5 aromatic heterocycles. The number of nitrogens with zero attached hydrogens (tertiary/aromatic N) is 6. The van der Waals surface area contributed by atoms with Crippen molar-refractivity contribution in [1.29, 1.82) is 0 Å². The Morgan fingerprint density at radius 2 is 0.782 bits per heavy atom. The Morgan fingerprint density at radius 3 is 1.43 bits per heavy atom. The lowest BCUT2D eigenvalue weighted by atomic mass is 9.85. The van der Waals surface area contributed by atoms with Gasteiger partial charge >= 0.3 is 0 Å². The Kier molecular flexibility index (Phi) is 14.5. The summed E-state index contributed by atoms with van der Waals surface area (Å²) in [6, 6.07) is 127. The first-order valence-electron chi connectivity index (χ1n) is 37.2. The molecule has 5 heterocycles. The number of fused-ring (bicyclic) bond motifs is 6. The van der Waals surface area contributed by atoms with Crippen LogP contribution in [0.4, 0.5) is 34.1 Å². The molecule has 0 amide bonds. The molecule has 22 rings (SSSR count). The lowest BCUT2D eigenvalue weighted by Crippen LogP contribution is -2.12. The molecule has 0 aliphatic rings. The highest BCUT2D eigenvalue weighted by Gasteiger charge is 2.31. The molecule has 8 nitrogen and oxygen atoms in total. The number of rotatable bonds is 13. The van der Waals surface area contributed by atoms with E-state index < -0.39 is 0 Å². The monoisotopic (exact) mass is 1400 g/mol. The van der Waals surface area contributed by atoms with E-state index in [1.165, 1.54) is 32.7 Å². The van der Waals surface area contributed by atoms with E-state index in [0.717, 1.165) is 160 Å². The van der Waals surface area contributed by atoms with Gasteiger partial charge in [0.1, 0.15) is 16.7 Å². The fourth-order valence-electron chi connectivity index (χ4n) is 17.3. The topological polar surface area (TPSA) is 84.3 Å². The molecule has 0 unspecified atom stereocenters. The first-order chi connectivity index (χ1) is 54.6. The van der Waals surface area contributed by atoms with Gasteiger partial charge in [0.25, 0.3) is 0 Å². The largest absolute Gasteiger partial charge is 0.455 e. The molecule has 0 fully saturated rings. The number of benzene rings is 16. The van der Waals surface area contributed by atoms with Crippen molar-refractivity contribution in [3.05, 3.63) is 377 Å². The molecular formula is C102H62N6O2. The minimum Gasteiger partial charge on any atom is -0.455 e. The third-order valence-corrected chi connectivity index (χ3v) is 22.1. The second-order valence-electron chi connectivity index (χ2n) is 28.3. The summed E-state index contributed by atoms with van der Waals surface area (Å²) in [6.45, 7) is 0. The van der Waals surface area contributed by atoms with Crippen molar-refractivity contribution < 1.29 is 8.83 Å². The zero-order chi connectivity index (χ0) is 72.3. The van der Waals surface area contributed by atoms with Crippen LogP contribution in [0.1, 0.15) is 0 Å². The lowest BCUT2D eigenvalue weighted by molar-refractivity contribution is 0.669. The van der Waals surface area contributed by atoms with Crippen LogP contribution in [0.3, 0.4) is 0 Å². The van der Waals surface area contributed by atoms with E-state index in [1.54, 1.807) is 0 Å².